The van der Waals surface area contributed by atoms with Crippen LogP contribution in [0.4, 0.5) is 13.2 Å². The Hall–Kier alpha value is -2.39. The second-order valence-electron chi connectivity index (χ2n) is 8.26. The molecular formula is C22H23F3N2O3S. The van der Waals surface area contributed by atoms with Gasteiger partial charge < -0.3 is 4.90 Å². The SMILES string of the molecule is CS(=O)(=O)N[C@H]1CCCN(C(=O)[C@H]2C[C@@H]2c2cccc(F)c2-c2c(F)cccc2F)C1. The van der Waals surface area contributed by atoms with E-state index in [1.165, 1.54) is 12.1 Å². The van der Waals surface area contributed by atoms with E-state index in [4.69, 9.17) is 0 Å². The van der Waals surface area contributed by atoms with Crippen LogP contribution in [0.5, 0.6) is 0 Å². The molecule has 1 amide bonds. The number of piperidine rings is 1. The maximum atomic E-state index is 14.7. The van der Waals surface area contributed by atoms with Crippen molar-refractivity contribution in [1.29, 1.82) is 0 Å². The van der Waals surface area contributed by atoms with Crippen LogP contribution in [0.3, 0.4) is 0 Å². The van der Waals surface area contributed by atoms with Crippen molar-refractivity contribution >= 4 is 15.9 Å². The van der Waals surface area contributed by atoms with Crippen LogP contribution in [0.15, 0.2) is 36.4 Å². The van der Waals surface area contributed by atoms with Crippen molar-refractivity contribution in [1.82, 2.24) is 9.62 Å². The monoisotopic (exact) mass is 452 g/mol. The van der Waals surface area contributed by atoms with Gasteiger partial charge in [0.15, 0.2) is 0 Å². The van der Waals surface area contributed by atoms with Crippen molar-refractivity contribution in [3.63, 3.8) is 0 Å². The summed E-state index contributed by atoms with van der Waals surface area (Å²) in [5.41, 5.74) is -0.164. The molecule has 1 saturated heterocycles. The summed E-state index contributed by atoms with van der Waals surface area (Å²) in [4.78, 5) is 14.7. The lowest BCUT2D eigenvalue weighted by molar-refractivity contribution is -0.133. The van der Waals surface area contributed by atoms with E-state index in [1.807, 2.05) is 0 Å². The van der Waals surface area contributed by atoms with E-state index < -0.39 is 39.0 Å². The molecule has 0 spiro atoms. The smallest absolute Gasteiger partial charge is 0.226 e. The second-order valence-corrected chi connectivity index (χ2v) is 10.0. The summed E-state index contributed by atoms with van der Waals surface area (Å²) in [6.45, 7) is 0.787. The zero-order chi connectivity index (χ0) is 22.3. The van der Waals surface area contributed by atoms with Gasteiger partial charge in [0.05, 0.1) is 11.8 Å². The molecule has 31 heavy (non-hydrogen) atoms. The van der Waals surface area contributed by atoms with Crippen molar-refractivity contribution < 1.29 is 26.4 Å². The number of carbonyl (C=O) groups is 1. The van der Waals surface area contributed by atoms with Crippen LogP contribution in [0.2, 0.25) is 0 Å². The molecule has 0 bridgehead atoms. The van der Waals surface area contributed by atoms with Crippen LogP contribution in [0.25, 0.3) is 11.1 Å². The number of hydrogen-bond acceptors (Lipinski definition) is 3. The van der Waals surface area contributed by atoms with Gasteiger partial charge in [-0.15, -0.1) is 0 Å². The number of nitrogens with one attached hydrogen (secondary N) is 1. The number of benzene rings is 2. The zero-order valence-corrected chi connectivity index (χ0v) is 17.8. The van der Waals surface area contributed by atoms with E-state index >= 15 is 0 Å². The molecule has 1 aliphatic carbocycles. The number of rotatable bonds is 5. The lowest BCUT2D eigenvalue weighted by atomic mass is 9.94. The van der Waals surface area contributed by atoms with Gasteiger partial charge in [-0.3, -0.25) is 4.79 Å². The fraction of sp³-hybridized carbons (Fsp3) is 0.409. The van der Waals surface area contributed by atoms with Gasteiger partial charge in [0.25, 0.3) is 0 Å². The van der Waals surface area contributed by atoms with Crippen LogP contribution in [0, 0.1) is 23.4 Å². The van der Waals surface area contributed by atoms with Crippen molar-refractivity contribution in [2.24, 2.45) is 5.92 Å². The highest BCUT2D eigenvalue weighted by molar-refractivity contribution is 7.88. The summed E-state index contributed by atoms with van der Waals surface area (Å²) in [5.74, 6) is -3.38. The van der Waals surface area contributed by atoms with E-state index in [9.17, 15) is 26.4 Å². The van der Waals surface area contributed by atoms with E-state index in [1.54, 1.807) is 11.0 Å². The minimum Gasteiger partial charge on any atom is -0.341 e. The third-order valence-electron chi connectivity index (χ3n) is 5.88. The lowest BCUT2D eigenvalue weighted by Crippen LogP contribution is -2.49. The van der Waals surface area contributed by atoms with Gasteiger partial charge in [0.1, 0.15) is 17.5 Å². The predicted octanol–water partition coefficient (Wildman–Crippen LogP) is 3.41. The molecular weight excluding hydrogens is 429 g/mol. The van der Waals surface area contributed by atoms with Crippen LogP contribution in [-0.2, 0) is 14.8 Å². The van der Waals surface area contributed by atoms with Gasteiger partial charge in [-0.25, -0.2) is 26.3 Å². The van der Waals surface area contributed by atoms with Crippen LogP contribution < -0.4 is 4.72 Å². The molecule has 2 aromatic carbocycles. The molecule has 1 N–H and O–H groups in total. The fourth-order valence-corrected chi connectivity index (χ4v) is 5.27. The van der Waals surface area contributed by atoms with Gasteiger partial charge in [-0.05, 0) is 48.9 Å². The number of amides is 1. The summed E-state index contributed by atoms with van der Waals surface area (Å²) in [5, 5.41) is 0. The lowest BCUT2D eigenvalue weighted by Gasteiger charge is -2.33. The van der Waals surface area contributed by atoms with Crippen molar-refractivity contribution in [2.45, 2.75) is 31.2 Å². The molecule has 1 saturated carbocycles. The number of hydrogen-bond donors (Lipinski definition) is 1. The van der Waals surface area contributed by atoms with E-state index in [0.29, 0.717) is 31.4 Å². The van der Waals surface area contributed by atoms with Crippen LogP contribution >= 0.6 is 0 Å². The third-order valence-corrected chi connectivity index (χ3v) is 6.64. The van der Waals surface area contributed by atoms with Gasteiger partial charge in [0, 0.05) is 30.6 Å². The molecule has 0 aromatic heterocycles. The topological polar surface area (TPSA) is 66.5 Å². The maximum Gasteiger partial charge on any atom is 0.226 e. The molecule has 2 aromatic rings. The van der Waals surface area contributed by atoms with Gasteiger partial charge in [-0.2, -0.15) is 0 Å². The summed E-state index contributed by atoms with van der Waals surface area (Å²) >= 11 is 0. The normalized spacial score (nSPS) is 23.6. The Labute approximate surface area is 179 Å². The van der Waals surface area contributed by atoms with Gasteiger partial charge >= 0.3 is 0 Å². The molecule has 3 atom stereocenters. The molecule has 9 heteroatoms. The second kappa shape index (κ2) is 8.27. The zero-order valence-electron chi connectivity index (χ0n) is 16.9. The Morgan fingerprint density at radius 2 is 1.65 bits per heavy atom. The minimum absolute atomic E-state index is 0.144. The highest BCUT2D eigenvalue weighted by Crippen LogP contribution is 2.52. The molecule has 2 aliphatic rings. The van der Waals surface area contributed by atoms with Gasteiger partial charge in [0.2, 0.25) is 15.9 Å². The van der Waals surface area contributed by atoms with Crippen molar-refractivity contribution in [2.75, 3.05) is 19.3 Å². The molecule has 4 rings (SSSR count). The third kappa shape index (κ3) is 4.62. The Bertz CT molecular complexity index is 1100. The average molecular weight is 452 g/mol. The van der Waals surface area contributed by atoms with E-state index in [2.05, 4.69) is 4.72 Å². The highest BCUT2D eigenvalue weighted by Gasteiger charge is 2.48. The molecule has 2 fully saturated rings. The van der Waals surface area contributed by atoms with E-state index in [-0.39, 0.29) is 30.0 Å². The number of sulfonamides is 1. The number of halogens is 3. The Morgan fingerprint density at radius 3 is 2.29 bits per heavy atom. The summed E-state index contributed by atoms with van der Waals surface area (Å²) in [6, 6.07) is 7.25. The summed E-state index contributed by atoms with van der Waals surface area (Å²) in [6.07, 6.45) is 2.84. The van der Waals surface area contributed by atoms with Crippen LogP contribution in [-0.4, -0.2) is 44.6 Å². The number of nitrogens with zero attached hydrogens (tertiary/aromatic N) is 1. The van der Waals surface area contributed by atoms with Crippen molar-refractivity contribution in [3.8, 4) is 11.1 Å². The average Bonchev–Trinajstić information content (AvgIpc) is 3.48. The standard InChI is InChI=1S/C22H23F3N2O3S/c1-31(29,30)26-13-5-4-10-27(12-13)22(28)16-11-15(16)14-6-2-7-17(23)20(14)21-18(24)8-3-9-19(21)25/h2-3,6-9,13,15-16,26H,4-5,10-12H2,1H3/t13-,15+,16-/m0/s1. The number of carbonyl (C=O) groups excluding carboxylic acids is 1. The maximum absolute atomic E-state index is 14.7. The molecule has 5 nitrogen and oxygen atoms in total. The Balaban J connectivity index is 1.56. The molecule has 166 valence electrons. The van der Waals surface area contributed by atoms with Crippen LogP contribution in [0.1, 0.15) is 30.7 Å². The Kier molecular flexibility index (Phi) is 5.83. The highest BCUT2D eigenvalue weighted by atomic mass is 32.2. The largest absolute Gasteiger partial charge is 0.341 e. The molecule has 0 unspecified atom stereocenters. The molecule has 0 radical (unpaired) electrons. The first-order valence-corrected chi connectivity index (χ1v) is 12.0. The predicted molar refractivity (Wildman–Crippen MR) is 110 cm³/mol. The summed E-state index contributed by atoms with van der Waals surface area (Å²) in [7, 11) is -3.38. The van der Waals surface area contributed by atoms with Gasteiger partial charge in [-0.1, -0.05) is 18.2 Å². The molecule has 1 heterocycles. The summed E-state index contributed by atoms with van der Waals surface area (Å²) < 4.78 is 69.0. The molecule has 1 aliphatic heterocycles. The Morgan fingerprint density at radius 1 is 1.03 bits per heavy atom. The first-order chi connectivity index (χ1) is 14.7. The number of likely N-dealkylation sites (tertiary alicyclic amines) is 1. The minimum atomic E-state index is -3.38. The quantitative estimate of drug-likeness (QED) is 0.756. The fourth-order valence-electron chi connectivity index (χ4n) is 4.47. The van der Waals surface area contributed by atoms with E-state index in [0.717, 1.165) is 24.5 Å². The first-order valence-electron chi connectivity index (χ1n) is 10.1. The first kappa shape index (κ1) is 21.8. The van der Waals surface area contributed by atoms with Crippen molar-refractivity contribution in [3.05, 3.63) is 59.4 Å².